The van der Waals surface area contributed by atoms with Crippen LogP contribution in [0.15, 0.2) is 35.9 Å². The third kappa shape index (κ3) is 3.20. The first-order valence-electron chi connectivity index (χ1n) is 6.04. The van der Waals surface area contributed by atoms with Gasteiger partial charge in [-0.1, -0.05) is 18.2 Å². The molecule has 0 unspecified atom stereocenters. The maximum absolute atomic E-state index is 11.8. The van der Waals surface area contributed by atoms with Gasteiger partial charge in [-0.25, -0.2) is 4.98 Å². The lowest BCUT2D eigenvalue weighted by Gasteiger charge is -2.34. The summed E-state index contributed by atoms with van der Waals surface area (Å²) in [7, 11) is 0. The minimum Gasteiger partial charge on any atom is -0.345 e. The van der Waals surface area contributed by atoms with Gasteiger partial charge in [-0.15, -0.1) is 11.3 Å². The van der Waals surface area contributed by atoms with Crippen molar-refractivity contribution in [3.05, 3.63) is 35.9 Å². The number of amides is 1. The lowest BCUT2D eigenvalue weighted by atomic mass is 10.3. The van der Waals surface area contributed by atoms with Crippen LogP contribution in [0, 0.1) is 0 Å². The Labute approximate surface area is 111 Å². The molecule has 1 saturated heterocycles. The Morgan fingerprint density at radius 1 is 1.33 bits per heavy atom. The average molecular weight is 263 g/mol. The predicted molar refractivity (Wildman–Crippen MR) is 74.9 cm³/mol. The third-order valence-corrected chi connectivity index (χ3v) is 3.66. The van der Waals surface area contributed by atoms with E-state index in [4.69, 9.17) is 0 Å². The summed E-state index contributed by atoms with van der Waals surface area (Å²) in [5, 5.41) is 3.03. The molecule has 0 saturated carbocycles. The lowest BCUT2D eigenvalue weighted by molar-refractivity contribution is -0.126. The monoisotopic (exact) mass is 263 g/mol. The molecule has 1 aromatic heterocycles. The highest BCUT2D eigenvalue weighted by atomic mass is 32.1. The zero-order valence-electron chi connectivity index (χ0n) is 10.5. The van der Waals surface area contributed by atoms with E-state index in [-0.39, 0.29) is 5.91 Å². The van der Waals surface area contributed by atoms with Gasteiger partial charge in [-0.3, -0.25) is 4.79 Å². The largest absolute Gasteiger partial charge is 0.345 e. The van der Waals surface area contributed by atoms with E-state index in [1.165, 1.54) is 0 Å². The van der Waals surface area contributed by atoms with Crippen molar-refractivity contribution < 1.29 is 4.79 Å². The molecule has 1 aromatic rings. The fraction of sp³-hybridized carbons (Fsp3) is 0.385. The molecule has 1 aliphatic heterocycles. The number of thiazole rings is 1. The van der Waals surface area contributed by atoms with Crippen LogP contribution in [-0.4, -0.2) is 42.0 Å². The Balaban J connectivity index is 1.85. The van der Waals surface area contributed by atoms with Crippen LogP contribution >= 0.6 is 11.3 Å². The van der Waals surface area contributed by atoms with Crippen LogP contribution in [0.4, 0.5) is 5.13 Å². The zero-order chi connectivity index (χ0) is 12.8. The summed E-state index contributed by atoms with van der Waals surface area (Å²) in [6, 6.07) is 0. The fourth-order valence-corrected chi connectivity index (χ4v) is 2.54. The van der Waals surface area contributed by atoms with E-state index in [0.29, 0.717) is 0 Å². The van der Waals surface area contributed by atoms with E-state index >= 15 is 0 Å². The van der Waals surface area contributed by atoms with Crippen molar-refractivity contribution in [2.24, 2.45) is 0 Å². The van der Waals surface area contributed by atoms with Crippen LogP contribution in [0.3, 0.4) is 0 Å². The SMILES string of the molecule is C/C=C/C=C/C(=O)N1CCN(c2nccs2)CC1. The molecule has 0 radical (unpaired) electrons. The number of nitrogens with zero attached hydrogens (tertiary/aromatic N) is 3. The quantitative estimate of drug-likeness (QED) is 0.617. The summed E-state index contributed by atoms with van der Waals surface area (Å²) in [5.74, 6) is 0.0897. The highest BCUT2D eigenvalue weighted by molar-refractivity contribution is 7.13. The number of anilines is 1. The van der Waals surface area contributed by atoms with Crippen LogP contribution in [0.25, 0.3) is 0 Å². The zero-order valence-corrected chi connectivity index (χ0v) is 11.3. The van der Waals surface area contributed by atoms with Crippen molar-refractivity contribution in [1.82, 2.24) is 9.88 Å². The highest BCUT2D eigenvalue weighted by Crippen LogP contribution is 2.18. The molecule has 5 heteroatoms. The van der Waals surface area contributed by atoms with E-state index < -0.39 is 0 Å². The first-order chi connectivity index (χ1) is 8.81. The lowest BCUT2D eigenvalue weighted by Crippen LogP contribution is -2.48. The molecule has 0 atom stereocenters. The molecule has 1 amide bonds. The van der Waals surface area contributed by atoms with Crippen molar-refractivity contribution in [2.45, 2.75) is 6.92 Å². The number of carbonyl (C=O) groups is 1. The molecule has 18 heavy (non-hydrogen) atoms. The van der Waals surface area contributed by atoms with E-state index in [1.54, 1.807) is 23.5 Å². The van der Waals surface area contributed by atoms with Crippen LogP contribution in [-0.2, 0) is 4.79 Å². The van der Waals surface area contributed by atoms with Crippen molar-refractivity contribution in [3.8, 4) is 0 Å². The molecular weight excluding hydrogens is 246 g/mol. The minimum atomic E-state index is 0.0897. The Morgan fingerprint density at radius 3 is 2.72 bits per heavy atom. The summed E-state index contributed by atoms with van der Waals surface area (Å²) in [4.78, 5) is 20.2. The van der Waals surface area contributed by atoms with Gasteiger partial charge in [-0.05, 0) is 6.92 Å². The number of carbonyl (C=O) groups excluding carboxylic acids is 1. The Hall–Kier alpha value is -1.62. The second kappa shape index (κ2) is 6.35. The summed E-state index contributed by atoms with van der Waals surface area (Å²) in [5.41, 5.74) is 0. The standard InChI is InChI=1S/C13H17N3OS/c1-2-3-4-5-12(17)15-7-9-16(10-8-15)13-14-6-11-18-13/h2-6,11H,7-10H2,1H3/b3-2+,5-4+. The minimum absolute atomic E-state index is 0.0897. The third-order valence-electron chi connectivity index (χ3n) is 2.82. The molecular formula is C13H17N3OS. The van der Waals surface area contributed by atoms with Crippen LogP contribution < -0.4 is 4.90 Å². The molecule has 1 aliphatic rings. The summed E-state index contributed by atoms with van der Waals surface area (Å²) >= 11 is 1.64. The molecule has 2 rings (SSSR count). The first kappa shape index (κ1) is 12.8. The van der Waals surface area contributed by atoms with E-state index in [9.17, 15) is 4.79 Å². The Kier molecular flexibility index (Phi) is 4.52. The highest BCUT2D eigenvalue weighted by Gasteiger charge is 2.20. The topological polar surface area (TPSA) is 36.4 Å². The first-order valence-corrected chi connectivity index (χ1v) is 6.92. The summed E-state index contributed by atoms with van der Waals surface area (Å²) < 4.78 is 0. The summed E-state index contributed by atoms with van der Waals surface area (Å²) in [6.45, 7) is 5.17. The van der Waals surface area contributed by atoms with Gasteiger partial charge >= 0.3 is 0 Å². The van der Waals surface area contributed by atoms with Gasteiger partial charge in [-0.2, -0.15) is 0 Å². The predicted octanol–water partition coefficient (Wildman–Crippen LogP) is 1.92. The molecule has 96 valence electrons. The van der Waals surface area contributed by atoms with Gasteiger partial charge in [0.2, 0.25) is 5.91 Å². The maximum Gasteiger partial charge on any atom is 0.246 e. The van der Waals surface area contributed by atoms with Gasteiger partial charge in [0.05, 0.1) is 0 Å². The molecule has 0 aliphatic carbocycles. The van der Waals surface area contributed by atoms with Crippen LogP contribution in [0.1, 0.15) is 6.92 Å². The number of aromatic nitrogens is 1. The van der Waals surface area contributed by atoms with Crippen molar-refractivity contribution in [1.29, 1.82) is 0 Å². The normalized spacial score (nSPS) is 16.9. The fourth-order valence-electron chi connectivity index (χ4n) is 1.84. The molecule has 0 N–H and O–H groups in total. The number of rotatable bonds is 3. The van der Waals surface area contributed by atoms with E-state index in [1.807, 2.05) is 35.6 Å². The molecule has 1 fully saturated rings. The van der Waals surface area contributed by atoms with Gasteiger partial charge < -0.3 is 9.80 Å². The van der Waals surface area contributed by atoms with E-state index in [2.05, 4.69) is 9.88 Å². The molecule has 0 aromatic carbocycles. The van der Waals surface area contributed by atoms with Crippen molar-refractivity contribution in [2.75, 3.05) is 31.1 Å². The Bertz CT molecular complexity index is 431. The molecule has 0 spiro atoms. The Morgan fingerprint density at radius 2 is 2.11 bits per heavy atom. The van der Waals surface area contributed by atoms with Crippen LogP contribution in [0.2, 0.25) is 0 Å². The smallest absolute Gasteiger partial charge is 0.246 e. The maximum atomic E-state index is 11.8. The molecule has 0 bridgehead atoms. The van der Waals surface area contributed by atoms with Gasteiger partial charge in [0.15, 0.2) is 5.13 Å². The van der Waals surface area contributed by atoms with Crippen LogP contribution in [0.5, 0.6) is 0 Å². The van der Waals surface area contributed by atoms with Crippen molar-refractivity contribution in [3.63, 3.8) is 0 Å². The molecule has 4 nitrogen and oxygen atoms in total. The summed E-state index contributed by atoms with van der Waals surface area (Å²) in [6.07, 6.45) is 9.00. The second-order valence-corrected chi connectivity index (χ2v) is 4.88. The van der Waals surface area contributed by atoms with Crippen molar-refractivity contribution >= 4 is 22.4 Å². The molecule has 2 heterocycles. The second-order valence-electron chi connectivity index (χ2n) is 4.01. The number of allylic oxidation sites excluding steroid dienone is 3. The van der Waals surface area contributed by atoms with Gasteiger partial charge in [0.25, 0.3) is 0 Å². The van der Waals surface area contributed by atoms with Gasteiger partial charge in [0, 0.05) is 43.8 Å². The number of piperazine rings is 1. The van der Waals surface area contributed by atoms with E-state index in [0.717, 1.165) is 31.3 Å². The number of hydrogen-bond acceptors (Lipinski definition) is 4. The van der Waals surface area contributed by atoms with Gasteiger partial charge in [0.1, 0.15) is 0 Å². The number of hydrogen-bond donors (Lipinski definition) is 0. The average Bonchev–Trinajstić information content (AvgIpc) is 2.93.